The predicted octanol–water partition coefficient (Wildman–Crippen LogP) is 3.53. The topological polar surface area (TPSA) is 24.4 Å². The summed E-state index contributed by atoms with van der Waals surface area (Å²) in [6.45, 7) is 10.3. The molecule has 1 aliphatic heterocycles. The standard InChI is InChI=1S/C14H26N2S/c1-9(2)13-8-15-14(17-13)16-12-6-5-10(3)7-11(12)4/h9-13H,5-8H2,1-4H3,(H,15,16). The summed E-state index contributed by atoms with van der Waals surface area (Å²) in [4.78, 5) is 4.65. The molecule has 0 saturated heterocycles. The van der Waals surface area contributed by atoms with Gasteiger partial charge in [0.25, 0.3) is 0 Å². The monoisotopic (exact) mass is 254 g/mol. The minimum Gasteiger partial charge on any atom is -0.362 e. The van der Waals surface area contributed by atoms with Gasteiger partial charge in [-0.3, -0.25) is 4.99 Å². The van der Waals surface area contributed by atoms with Crippen molar-refractivity contribution in [1.82, 2.24) is 5.32 Å². The van der Waals surface area contributed by atoms with Crippen molar-refractivity contribution in [3.63, 3.8) is 0 Å². The summed E-state index contributed by atoms with van der Waals surface area (Å²) in [6, 6.07) is 0.656. The van der Waals surface area contributed by atoms with Crippen molar-refractivity contribution < 1.29 is 0 Å². The fourth-order valence-corrected chi connectivity index (χ4v) is 3.93. The molecule has 2 aliphatic rings. The van der Waals surface area contributed by atoms with E-state index in [0.29, 0.717) is 11.3 Å². The van der Waals surface area contributed by atoms with Gasteiger partial charge in [0.1, 0.15) is 0 Å². The van der Waals surface area contributed by atoms with E-state index in [9.17, 15) is 0 Å². The summed E-state index contributed by atoms with van der Waals surface area (Å²) in [5, 5.41) is 5.58. The third-order valence-electron chi connectivity index (χ3n) is 4.16. The average Bonchev–Trinajstić information content (AvgIpc) is 2.71. The van der Waals surface area contributed by atoms with Crippen molar-refractivity contribution in [2.75, 3.05) is 6.54 Å². The molecule has 4 unspecified atom stereocenters. The van der Waals surface area contributed by atoms with E-state index in [4.69, 9.17) is 0 Å². The lowest BCUT2D eigenvalue weighted by Crippen LogP contribution is -2.41. The van der Waals surface area contributed by atoms with Gasteiger partial charge in [0, 0.05) is 11.3 Å². The van der Waals surface area contributed by atoms with Gasteiger partial charge >= 0.3 is 0 Å². The van der Waals surface area contributed by atoms with E-state index in [1.165, 1.54) is 24.4 Å². The van der Waals surface area contributed by atoms with E-state index in [2.05, 4.69) is 38.0 Å². The van der Waals surface area contributed by atoms with Crippen LogP contribution in [0, 0.1) is 17.8 Å². The van der Waals surface area contributed by atoms with Crippen molar-refractivity contribution >= 4 is 16.9 Å². The summed E-state index contributed by atoms with van der Waals surface area (Å²) in [7, 11) is 0. The summed E-state index contributed by atoms with van der Waals surface area (Å²) in [6.07, 6.45) is 4.05. The van der Waals surface area contributed by atoms with Gasteiger partial charge in [-0.15, -0.1) is 0 Å². The largest absolute Gasteiger partial charge is 0.362 e. The van der Waals surface area contributed by atoms with Crippen molar-refractivity contribution in [3.8, 4) is 0 Å². The second-order valence-electron chi connectivity index (χ2n) is 6.19. The smallest absolute Gasteiger partial charge is 0.157 e. The van der Waals surface area contributed by atoms with Gasteiger partial charge in [-0.05, 0) is 37.0 Å². The van der Waals surface area contributed by atoms with Crippen molar-refractivity contribution in [2.45, 2.75) is 58.2 Å². The molecular formula is C14H26N2S. The Morgan fingerprint density at radius 2 is 2.06 bits per heavy atom. The molecule has 1 fully saturated rings. The first kappa shape index (κ1) is 13.3. The van der Waals surface area contributed by atoms with Gasteiger partial charge in [-0.25, -0.2) is 0 Å². The number of nitrogens with one attached hydrogen (secondary N) is 1. The Hall–Kier alpha value is -0.180. The zero-order valence-electron chi connectivity index (χ0n) is 11.6. The molecule has 1 N–H and O–H groups in total. The molecule has 1 saturated carbocycles. The molecule has 0 bridgehead atoms. The van der Waals surface area contributed by atoms with Crippen LogP contribution < -0.4 is 5.32 Å². The maximum absolute atomic E-state index is 4.65. The summed E-state index contributed by atoms with van der Waals surface area (Å²) >= 11 is 1.95. The van der Waals surface area contributed by atoms with E-state index >= 15 is 0 Å². The van der Waals surface area contributed by atoms with Crippen molar-refractivity contribution in [1.29, 1.82) is 0 Å². The van der Waals surface area contributed by atoms with Crippen LogP contribution in [0.25, 0.3) is 0 Å². The second kappa shape index (κ2) is 5.64. The first-order valence-electron chi connectivity index (χ1n) is 7.04. The Morgan fingerprint density at radius 1 is 1.29 bits per heavy atom. The molecule has 0 amide bonds. The Bertz CT molecular complexity index is 288. The minimum absolute atomic E-state index is 0.656. The van der Waals surface area contributed by atoms with Gasteiger partial charge in [0.15, 0.2) is 5.17 Å². The number of hydrogen-bond donors (Lipinski definition) is 1. The molecule has 0 aromatic carbocycles. The van der Waals surface area contributed by atoms with Crippen molar-refractivity contribution in [3.05, 3.63) is 0 Å². The van der Waals surface area contributed by atoms with E-state index in [-0.39, 0.29) is 0 Å². The van der Waals surface area contributed by atoms with Gasteiger partial charge in [-0.1, -0.05) is 39.5 Å². The highest BCUT2D eigenvalue weighted by atomic mass is 32.2. The molecule has 0 aromatic rings. The Balaban J connectivity index is 1.82. The van der Waals surface area contributed by atoms with Gasteiger partial charge < -0.3 is 5.32 Å². The van der Waals surface area contributed by atoms with E-state index < -0.39 is 0 Å². The summed E-state index contributed by atoms with van der Waals surface area (Å²) < 4.78 is 0. The summed E-state index contributed by atoms with van der Waals surface area (Å²) in [5.74, 6) is 2.43. The maximum Gasteiger partial charge on any atom is 0.157 e. The van der Waals surface area contributed by atoms with Crippen LogP contribution in [0.1, 0.15) is 47.0 Å². The molecule has 2 rings (SSSR count). The second-order valence-corrected chi connectivity index (χ2v) is 7.42. The van der Waals surface area contributed by atoms with Gasteiger partial charge in [0.05, 0.1) is 6.54 Å². The molecule has 1 aliphatic carbocycles. The Morgan fingerprint density at radius 3 is 2.65 bits per heavy atom. The maximum atomic E-state index is 4.65. The van der Waals surface area contributed by atoms with Gasteiger partial charge in [-0.2, -0.15) is 0 Å². The average molecular weight is 254 g/mol. The predicted molar refractivity (Wildman–Crippen MR) is 77.6 cm³/mol. The quantitative estimate of drug-likeness (QED) is 0.815. The fraction of sp³-hybridized carbons (Fsp3) is 0.929. The summed E-state index contributed by atoms with van der Waals surface area (Å²) in [5.41, 5.74) is 0. The highest BCUT2D eigenvalue weighted by Crippen LogP contribution is 2.31. The van der Waals surface area contributed by atoms with Crippen LogP contribution in [0.15, 0.2) is 4.99 Å². The lowest BCUT2D eigenvalue weighted by molar-refractivity contribution is 0.248. The normalized spacial score (nSPS) is 38.3. The highest BCUT2D eigenvalue weighted by Gasteiger charge is 2.29. The van der Waals surface area contributed by atoms with Crippen LogP contribution in [0.4, 0.5) is 0 Å². The minimum atomic E-state index is 0.656. The Labute approximate surface area is 110 Å². The van der Waals surface area contributed by atoms with E-state index in [1.807, 2.05) is 11.8 Å². The molecule has 2 nitrogen and oxygen atoms in total. The number of hydrogen-bond acceptors (Lipinski definition) is 3. The molecule has 17 heavy (non-hydrogen) atoms. The molecule has 0 radical (unpaired) electrons. The number of thioether (sulfide) groups is 1. The molecule has 98 valence electrons. The van der Waals surface area contributed by atoms with Crippen LogP contribution in [0.3, 0.4) is 0 Å². The van der Waals surface area contributed by atoms with Crippen LogP contribution in [-0.4, -0.2) is 23.0 Å². The molecule has 0 spiro atoms. The van der Waals surface area contributed by atoms with Crippen LogP contribution in [0.2, 0.25) is 0 Å². The zero-order valence-corrected chi connectivity index (χ0v) is 12.4. The lowest BCUT2D eigenvalue weighted by atomic mass is 9.80. The number of rotatable bonds is 2. The van der Waals surface area contributed by atoms with E-state index in [1.54, 1.807) is 0 Å². The van der Waals surface area contributed by atoms with Crippen LogP contribution in [-0.2, 0) is 0 Å². The Kier molecular flexibility index (Phi) is 4.40. The third-order valence-corrected chi connectivity index (χ3v) is 5.63. The fourth-order valence-electron chi connectivity index (χ4n) is 2.86. The molecule has 1 heterocycles. The SMILES string of the molecule is CC1CCC(NC2=NCC(C(C)C)S2)C(C)C1. The first-order chi connectivity index (χ1) is 8.06. The molecular weight excluding hydrogens is 228 g/mol. The lowest BCUT2D eigenvalue weighted by Gasteiger charge is -2.33. The van der Waals surface area contributed by atoms with E-state index in [0.717, 1.165) is 24.3 Å². The van der Waals surface area contributed by atoms with Crippen LogP contribution >= 0.6 is 11.8 Å². The number of nitrogens with zero attached hydrogens (tertiary/aromatic N) is 1. The number of amidine groups is 1. The van der Waals surface area contributed by atoms with Crippen LogP contribution in [0.5, 0.6) is 0 Å². The molecule has 0 aromatic heterocycles. The molecule has 3 heteroatoms. The molecule has 4 atom stereocenters. The van der Waals surface area contributed by atoms with Crippen molar-refractivity contribution in [2.24, 2.45) is 22.7 Å². The zero-order chi connectivity index (χ0) is 12.4. The van der Waals surface area contributed by atoms with Gasteiger partial charge in [0.2, 0.25) is 0 Å². The first-order valence-corrected chi connectivity index (χ1v) is 7.92. The number of aliphatic imine (C=N–C) groups is 1. The third kappa shape index (κ3) is 3.40. The highest BCUT2D eigenvalue weighted by molar-refractivity contribution is 8.14.